The maximum atomic E-state index is 5.28. The molecule has 0 saturated carbocycles. The molecule has 0 aromatic carbocycles. The molecule has 0 aromatic rings. The molecule has 0 amide bonds. The van der Waals surface area contributed by atoms with Crippen molar-refractivity contribution in [2.75, 3.05) is 19.8 Å². The lowest BCUT2D eigenvalue weighted by atomic mass is 10.3. The summed E-state index contributed by atoms with van der Waals surface area (Å²) < 4.78 is 5.23. The number of nitrogens with two attached hydrogens (primary N) is 1. The van der Waals surface area contributed by atoms with Crippen molar-refractivity contribution in [1.29, 1.82) is 0 Å². The Morgan fingerprint density at radius 1 is 1.50 bits per heavy atom. The first-order chi connectivity index (χ1) is 4.77. The van der Waals surface area contributed by atoms with Gasteiger partial charge < -0.3 is 10.5 Å². The molecule has 0 heterocycles. The van der Waals surface area contributed by atoms with Crippen molar-refractivity contribution < 1.29 is 4.74 Å². The molecule has 0 saturated heterocycles. The van der Waals surface area contributed by atoms with E-state index in [2.05, 4.69) is 19.9 Å². The summed E-state index contributed by atoms with van der Waals surface area (Å²) in [5.41, 5.74) is 6.57. The fraction of sp³-hybridized carbons (Fsp3) is 0.750. The van der Waals surface area contributed by atoms with Crippen LogP contribution < -0.4 is 5.73 Å². The van der Waals surface area contributed by atoms with E-state index < -0.39 is 0 Å². The van der Waals surface area contributed by atoms with Gasteiger partial charge in [-0.1, -0.05) is 11.6 Å². The summed E-state index contributed by atoms with van der Waals surface area (Å²) in [6, 6.07) is 0. The van der Waals surface area contributed by atoms with Crippen LogP contribution in [0.25, 0.3) is 0 Å². The molecular weight excluding hydrogens is 126 g/mol. The molecule has 0 aromatic heterocycles. The first-order valence-corrected chi connectivity index (χ1v) is 3.68. The van der Waals surface area contributed by atoms with Crippen LogP contribution in [0.15, 0.2) is 11.6 Å². The van der Waals surface area contributed by atoms with E-state index in [1.165, 1.54) is 5.57 Å². The van der Waals surface area contributed by atoms with Gasteiger partial charge in [0, 0.05) is 6.61 Å². The standard InChI is InChI=1S/C8H17NO/c1-8(2)4-7-10-6-3-5-9/h4H,3,5-7,9H2,1-2H3. The highest BCUT2D eigenvalue weighted by molar-refractivity contribution is 4.92. The van der Waals surface area contributed by atoms with Crippen molar-refractivity contribution >= 4 is 0 Å². The highest BCUT2D eigenvalue weighted by atomic mass is 16.5. The fourth-order valence-corrected chi connectivity index (χ4v) is 0.494. The predicted molar refractivity (Wildman–Crippen MR) is 43.9 cm³/mol. The van der Waals surface area contributed by atoms with E-state index in [1.807, 2.05) is 0 Å². The summed E-state index contributed by atoms with van der Waals surface area (Å²) in [5.74, 6) is 0. The van der Waals surface area contributed by atoms with Crippen LogP contribution in [0.2, 0.25) is 0 Å². The van der Waals surface area contributed by atoms with Crippen LogP contribution in [0.1, 0.15) is 20.3 Å². The summed E-state index contributed by atoms with van der Waals surface area (Å²) in [5, 5.41) is 0. The van der Waals surface area contributed by atoms with Gasteiger partial charge in [-0.15, -0.1) is 0 Å². The second-order valence-corrected chi connectivity index (χ2v) is 2.50. The third-order valence-corrected chi connectivity index (χ3v) is 1.10. The Morgan fingerprint density at radius 2 is 2.20 bits per heavy atom. The molecule has 0 bridgehead atoms. The Labute approximate surface area is 63.1 Å². The zero-order valence-corrected chi connectivity index (χ0v) is 6.89. The minimum Gasteiger partial charge on any atom is -0.377 e. The first-order valence-electron chi connectivity index (χ1n) is 3.68. The lowest BCUT2D eigenvalue weighted by Crippen LogP contribution is -2.04. The average molecular weight is 143 g/mol. The van der Waals surface area contributed by atoms with E-state index in [0.29, 0.717) is 0 Å². The lowest BCUT2D eigenvalue weighted by molar-refractivity contribution is 0.160. The number of allylic oxidation sites excluding steroid dienone is 1. The molecule has 2 N–H and O–H groups in total. The predicted octanol–water partition coefficient (Wildman–Crippen LogP) is 1.32. The summed E-state index contributed by atoms with van der Waals surface area (Å²) in [6.07, 6.45) is 3.02. The van der Waals surface area contributed by atoms with E-state index in [-0.39, 0.29) is 0 Å². The number of ether oxygens (including phenoxy) is 1. The maximum absolute atomic E-state index is 5.28. The van der Waals surface area contributed by atoms with Gasteiger partial charge in [-0.2, -0.15) is 0 Å². The van der Waals surface area contributed by atoms with E-state index in [9.17, 15) is 0 Å². The Bertz CT molecular complexity index is 95.4. The Kier molecular flexibility index (Phi) is 6.55. The van der Waals surface area contributed by atoms with Crippen LogP contribution >= 0.6 is 0 Å². The van der Waals surface area contributed by atoms with E-state index in [4.69, 9.17) is 10.5 Å². The van der Waals surface area contributed by atoms with Gasteiger partial charge in [-0.05, 0) is 26.8 Å². The molecule has 60 valence electrons. The topological polar surface area (TPSA) is 35.2 Å². The second-order valence-electron chi connectivity index (χ2n) is 2.50. The quantitative estimate of drug-likeness (QED) is 0.465. The smallest absolute Gasteiger partial charge is 0.0649 e. The van der Waals surface area contributed by atoms with Gasteiger partial charge in [0.05, 0.1) is 6.61 Å². The lowest BCUT2D eigenvalue weighted by Gasteiger charge is -1.98. The van der Waals surface area contributed by atoms with Gasteiger partial charge in [-0.3, -0.25) is 0 Å². The van der Waals surface area contributed by atoms with Gasteiger partial charge in [0.1, 0.15) is 0 Å². The number of hydrogen-bond acceptors (Lipinski definition) is 2. The molecule has 0 fully saturated rings. The van der Waals surface area contributed by atoms with Crippen molar-refractivity contribution in [3.8, 4) is 0 Å². The van der Waals surface area contributed by atoms with Crippen molar-refractivity contribution in [3.05, 3.63) is 11.6 Å². The zero-order valence-electron chi connectivity index (χ0n) is 6.89. The highest BCUT2D eigenvalue weighted by Crippen LogP contribution is 1.88. The molecule has 0 spiro atoms. The van der Waals surface area contributed by atoms with Gasteiger partial charge in [0.2, 0.25) is 0 Å². The van der Waals surface area contributed by atoms with Crippen LogP contribution in [-0.2, 0) is 4.74 Å². The van der Waals surface area contributed by atoms with Crippen molar-refractivity contribution in [3.63, 3.8) is 0 Å². The molecule has 0 aliphatic rings. The van der Waals surface area contributed by atoms with Gasteiger partial charge >= 0.3 is 0 Å². The SMILES string of the molecule is CC(C)=CCOCCCN. The van der Waals surface area contributed by atoms with E-state index in [0.717, 1.165) is 26.2 Å². The van der Waals surface area contributed by atoms with Gasteiger partial charge in [0.25, 0.3) is 0 Å². The summed E-state index contributed by atoms with van der Waals surface area (Å²) in [6.45, 7) is 6.34. The highest BCUT2D eigenvalue weighted by Gasteiger charge is 1.82. The largest absolute Gasteiger partial charge is 0.377 e. The van der Waals surface area contributed by atoms with Crippen LogP contribution in [0.4, 0.5) is 0 Å². The van der Waals surface area contributed by atoms with Crippen molar-refractivity contribution in [2.24, 2.45) is 5.73 Å². The Hall–Kier alpha value is -0.340. The molecule has 2 heteroatoms. The molecule has 0 aliphatic heterocycles. The van der Waals surface area contributed by atoms with Crippen molar-refractivity contribution in [2.45, 2.75) is 20.3 Å². The molecular formula is C8H17NO. The maximum Gasteiger partial charge on any atom is 0.0649 e. The molecule has 0 radical (unpaired) electrons. The van der Waals surface area contributed by atoms with Crippen molar-refractivity contribution in [1.82, 2.24) is 0 Å². The van der Waals surface area contributed by atoms with Gasteiger partial charge in [0.15, 0.2) is 0 Å². The molecule has 2 nitrogen and oxygen atoms in total. The third kappa shape index (κ3) is 7.66. The molecule has 10 heavy (non-hydrogen) atoms. The minimum atomic E-state index is 0.717. The summed E-state index contributed by atoms with van der Waals surface area (Å²) in [4.78, 5) is 0. The zero-order chi connectivity index (χ0) is 7.82. The third-order valence-electron chi connectivity index (χ3n) is 1.10. The van der Waals surface area contributed by atoms with E-state index in [1.54, 1.807) is 0 Å². The Balaban J connectivity index is 2.98. The molecule has 0 unspecified atom stereocenters. The van der Waals surface area contributed by atoms with Gasteiger partial charge in [-0.25, -0.2) is 0 Å². The van der Waals surface area contributed by atoms with Crippen LogP contribution in [0.3, 0.4) is 0 Å². The minimum absolute atomic E-state index is 0.717. The molecule has 0 atom stereocenters. The monoisotopic (exact) mass is 143 g/mol. The fourth-order valence-electron chi connectivity index (χ4n) is 0.494. The number of hydrogen-bond donors (Lipinski definition) is 1. The van der Waals surface area contributed by atoms with E-state index >= 15 is 0 Å². The first kappa shape index (κ1) is 9.66. The number of rotatable bonds is 5. The summed E-state index contributed by atoms with van der Waals surface area (Å²) in [7, 11) is 0. The second kappa shape index (κ2) is 6.78. The normalized spacial score (nSPS) is 9.50. The van der Waals surface area contributed by atoms with Crippen LogP contribution in [0, 0.1) is 0 Å². The Morgan fingerprint density at radius 3 is 2.70 bits per heavy atom. The van der Waals surface area contributed by atoms with Crippen LogP contribution in [-0.4, -0.2) is 19.8 Å². The molecule has 0 rings (SSSR count). The summed E-state index contributed by atoms with van der Waals surface area (Å²) >= 11 is 0. The average Bonchev–Trinajstić information content (AvgIpc) is 1.87. The van der Waals surface area contributed by atoms with Crippen LogP contribution in [0.5, 0.6) is 0 Å². The molecule has 0 aliphatic carbocycles.